The van der Waals surface area contributed by atoms with Crippen LogP contribution in [0.15, 0.2) is 27.5 Å². The molecule has 0 spiro atoms. The van der Waals surface area contributed by atoms with E-state index < -0.39 is 6.04 Å². The van der Waals surface area contributed by atoms with Crippen LogP contribution >= 0.6 is 15.9 Å². The lowest BCUT2D eigenvalue weighted by atomic mass is 10.1. The van der Waals surface area contributed by atoms with Crippen LogP contribution in [0.3, 0.4) is 0 Å². The smallest absolute Gasteiger partial charge is 0.329 e. The van der Waals surface area contributed by atoms with Gasteiger partial charge < -0.3 is 5.32 Å². The number of carbonyl (C=O) groups is 1. The summed E-state index contributed by atoms with van der Waals surface area (Å²) in [5.41, 5.74) is 1.50. The van der Waals surface area contributed by atoms with Crippen LogP contribution in [-0.2, 0) is 11.8 Å². The number of nitrogens with zero attached hydrogens (tertiary/aromatic N) is 2. The lowest BCUT2D eigenvalue weighted by Crippen LogP contribution is -2.36. The average molecular weight is 338 g/mol. The Kier molecular flexibility index (Phi) is 3.41. The highest BCUT2D eigenvalue weighted by molar-refractivity contribution is 9.10. The minimum Gasteiger partial charge on any atom is -0.354 e. The molecular formula is C14H16BrN3O2. The molecule has 1 saturated heterocycles. The lowest BCUT2D eigenvalue weighted by molar-refractivity contribution is -0.124. The van der Waals surface area contributed by atoms with Crippen LogP contribution in [0.4, 0.5) is 0 Å². The topological polar surface area (TPSA) is 56.0 Å². The van der Waals surface area contributed by atoms with E-state index in [4.69, 9.17) is 0 Å². The average Bonchev–Trinajstić information content (AvgIpc) is 2.58. The van der Waals surface area contributed by atoms with Gasteiger partial charge in [-0.1, -0.05) is 15.9 Å². The first-order chi connectivity index (χ1) is 9.59. The van der Waals surface area contributed by atoms with Crippen molar-refractivity contribution in [2.24, 2.45) is 7.05 Å². The standard InChI is InChI=1S/C14H16BrN3O2/c1-17-12-8-9(15)5-6-10(12)18(14(17)20)11-4-2-3-7-16-13(11)19/h5-6,8,11H,2-4,7H2,1H3,(H,16,19). The maximum atomic E-state index is 12.5. The van der Waals surface area contributed by atoms with Crippen LogP contribution in [0.1, 0.15) is 25.3 Å². The van der Waals surface area contributed by atoms with Crippen molar-refractivity contribution in [3.63, 3.8) is 0 Å². The molecule has 3 rings (SSSR count). The maximum absolute atomic E-state index is 12.5. The quantitative estimate of drug-likeness (QED) is 0.864. The Bertz CT molecular complexity index is 732. The van der Waals surface area contributed by atoms with Gasteiger partial charge in [0.25, 0.3) is 0 Å². The fraction of sp³-hybridized carbons (Fsp3) is 0.429. The van der Waals surface area contributed by atoms with Crippen LogP contribution < -0.4 is 11.0 Å². The number of imidazole rings is 1. The van der Waals surface area contributed by atoms with E-state index in [1.54, 1.807) is 16.2 Å². The van der Waals surface area contributed by atoms with Crippen molar-refractivity contribution in [1.29, 1.82) is 0 Å². The molecule has 1 atom stereocenters. The molecule has 0 aliphatic carbocycles. The predicted molar refractivity (Wildman–Crippen MR) is 80.8 cm³/mol. The van der Waals surface area contributed by atoms with Crippen molar-refractivity contribution in [2.45, 2.75) is 25.3 Å². The van der Waals surface area contributed by atoms with Crippen molar-refractivity contribution < 1.29 is 4.79 Å². The second-order valence-electron chi connectivity index (χ2n) is 5.15. The molecule has 1 aliphatic rings. The van der Waals surface area contributed by atoms with Gasteiger partial charge >= 0.3 is 5.69 Å². The van der Waals surface area contributed by atoms with Gasteiger partial charge in [-0.25, -0.2) is 4.79 Å². The molecule has 2 heterocycles. The van der Waals surface area contributed by atoms with Crippen LogP contribution in [0, 0.1) is 0 Å². The molecule has 1 aromatic carbocycles. The zero-order chi connectivity index (χ0) is 14.3. The second-order valence-corrected chi connectivity index (χ2v) is 6.06. The summed E-state index contributed by atoms with van der Waals surface area (Å²) in [5, 5.41) is 2.89. The van der Waals surface area contributed by atoms with Crippen molar-refractivity contribution >= 4 is 32.9 Å². The molecule has 1 aliphatic heterocycles. The van der Waals surface area contributed by atoms with Crippen LogP contribution in [-0.4, -0.2) is 21.6 Å². The van der Waals surface area contributed by atoms with Gasteiger partial charge in [0.05, 0.1) is 11.0 Å². The molecule has 1 aromatic heterocycles. The molecule has 0 bridgehead atoms. The molecule has 1 amide bonds. The number of aromatic nitrogens is 2. The number of hydrogen-bond acceptors (Lipinski definition) is 2. The van der Waals surface area contributed by atoms with Gasteiger partial charge in [-0.05, 0) is 37.5 Å². The molecule has 0 radical (unpaired) electrons. The maximum Gasteiger partial charge on any atom is 0.329 e. The molecule has 1 unspecified atom stereocenters. The molecule has 20 heavy (non-hydrogen) atoms. The SMILES string of the molecule is Cn1c(=O)n(C2CCCCNC2=O)c2ccc(Br)cc21. The lowest BCUT2D eigenvalue weighted by Gasteiger charge is -2.14. The molecule has 1 fully saturated rings. The van der Waals surface area contributed by atoms with E-state index in [1.807, 2.05) is 18.2 Å². The third-order valence-electron chi connectivity index (χ3n) is 3.87. The van der Waals surface area contributed by atoms with E-state index in [0.717, 1.165) is 28.3 Å². The van der Waals surface area contributed by atoms with Gasteiger partial charge in [-0.2, -0.15) is 0 Å². The molecule has 106 valence electrons. The van der Waals surface area contributed by atoms with Crippen molar-refractivity contribution in [3.8, 4) is 0 Å². The first kappa shape index (κ1) is 13.4. The summed E-state index contributed by atoms with van der Waals surface area (Å²) >= 11 is 3.42. The van der Waals surface area contributed by atoms with Crippen molar-refractivity contribution in [1.82, 2.24) is 14.5 Å². The molecule has 1 N–H and O–H groups in total. The summed E-state index contributed by atoms with van der Waals surface area (Å²) in [4.78, 5) is 24.7. The molecular weight excluding hydrogens is 322 g/mol. The Hall–Kier alpha value is -1.56. The normalized spacial score (nSPS) is 19.9. The van der Waals surface area contributed by atoms with Crippen LogP contribution in [0.25, 0.3) is 11.0 Å². The van der Waals surface area contributed by atoms with Gasteiger partial charge in [0.2, 0.25) is 5.91 Å². The fourth-order valence-corrected chi connectivity index (χ4v) is 3.16. The second kappa shape index (κ2) is 5.09. The summed E-state index contributed by atoms with van der Waals surface area (Å²) < 4.78 is 4.14. The molecule has 2 aromatic rings. The predicted octanol–water partition coefficient (Wildman–Crippen LogP) is 1.94. The minimum absolute atomic E-state index is 0.0555. The third-order valence-corrected chi connectivity index (χ3v) is 4.36. The number of hydrogen-bond donors (Lipinski definition) is 1. The van der Waals surface area contributed by atoms with Gasteiger partial charge in [0.1, 0.15) is 6.04 Å². The summed E-state index contributed by atoms with van der Waals surface area (Å²) in [6.45, 7) is 0.695. The van der Waals surface area contributed by atoms with E-state index in [1.165, 1.54) is 0 Å². The van der Waals surface area contributed by atoms with Gasteiger partial charge in [-0.15, -0.1) is 0 Å². The highest BCUT2D eigenvalue weighted by Gasteiger charge is 2.26. The third kappa shape index (κ3) is 2.08. The van der Waals surface area contributed by atoms with Gasteiger partial charge in [-0.3, -0.25) is 13.9 Å². The Morgan fingerprint density at radius 1 is 1.25 bits per heavy atom. The van der Waals surface area contributed by atoms with E-state index in [-0.39, 0.29) is 11.6 Å². The number of fused-ring (bicyclic) bond motifs is 1. The number of halogens is 1. The van der Waals surface area contributed by atoms with E-state index in [2.05, 4.69) is 21.2 Å². The highest BCUT2D eigenvalue weighted by atomic mass is 79.9. The zero-order valence-corrected chi connectivity index (χ0v) is 12.8. The van der Waals surface area contributed by atoms with E-state index in [9.17, 15) is 9.59 Å². The Morgan fingerprint density at radius 3 is 2.85 bits per heavy atom. The number of benzene rings is 1. The molecule has 6 heteroatoms. The summed E-state index contributed by atoms with van der Waals surface area (Å²) in [6.07, 6.45) is 2.62. The monoisotopic (exact) mass is 337 g/mol. The Morgan fingerprint density at radius 2 is 2.05 bits per heavy atom. The number of aryl methyl sites for hydroxylation is 1. The fourth-order valence-electron chi connectivity index (χ4n) is 2.81. The van der Waals surface area contributed by atoms with E-state index >= 15 is 0 Å². The number of carbonyl (C=O) groups excluding carboxylic acids is 1. The minimum atomic E-state index is -0.408. The van der Waals surface area contributed by atoms with Crippen LogP contribution in [0.2, 0.25) is 0 Å². The number of rotatable bonds is 1. The van der Waals surface area contributed by atoms with Gasteiger partial charge in [0.15, 0.2) is 0 Å². The first-order valence-corrected chi connectivity index (χ1v) is 7.53. The Balaban J connectivity index is 2.22. The molecule has 0 saturated carbocycles. The van der Waals surface area contributed by atoms with Crippen molar-refractivity contribution in [3.05, 3.63) is 33.2 Å². The van der Waals surface area contributed by atoms with Crippen LogP contribution in [0.5, 0.6) is 0 Å². The summed E-state index contributed by atoms with van der Waals surface area (Å²) in [5.74, 6) is -0.0555. The zero-order valence-electron chi connectivity index (χ0n) is 11.2. The first-order valence-electron chi connectivity index (χ1n) is 6.74. The highest BCUT2D eigenvalue weighted by Crippen LogP contribution is 2.24. The van der Waals surface area contributed by atoms with E-state index in [0.29, 0.717) is 13.0 Å². The summed E-state index contributed by atoms with van der Waals surface area (Å²) in [7, 11) is 1.74. The Labute approximate surface area is 124 Å². The largest absolute Gasteiger partial charge is 0.354 e. The van der Waals surface area contributed by atoms with Crippen molar-refractivity contribution in [2.75, 3.05) is 6.54 Å². The van der Waals surface area contributed by atoms with Gasteiger partial charge in [0, 0.05) is 18.1 Å². The number of nitrogens with one attached hydrogen (secondary N) is 1. The number of amides is 1. The summed E-state index contributed by atoms with van der Waals surface area (Å²) in [6, 6.07) is 5.28. The molecule has 5 nitrogen and oxygen atoms in total.